The first-order valence-electron chi connectivity index (χ1n) is 9.36. The van der Waals surface area contributed by atoms with Crippen molar-refractivity contribution in [1.82, 2.24) is 5.43 Å². The quantitative estimate of drug-likeness (QED) is 0.645. The van der Waals surface area contributed by atoms with Crippen LogP contribution in [0.3, 0.4) is 0 Å². The lowest BCUT2D eigenvalue weighted by Crippen LogP contribution is -2.32. The van der Waals surface area contributed by atoms with Gasteiger partial charge in [0, 0.05) is 18.5 Å². The molecule has 0 aliphatic carbocycles. The van der Waals surface area contributed by atoms with E-state index in [1.807, 2.05) is 19.1 Å². The van der Waals surface area contributed by atoms with Gasteiger partial charge < -0.3 is 19.5 Å². The molecule has 9 heteroatoms. The molecule has 0 saturated carbocycles. The summed E-state index contributed by atoms with van der Waals surface area (Å²) >= 11 is 0. The van der Waals surface area contributed by atoms with Gasteiger partial charge in [-0.15, -0.1) is 0 Å². The molecular weight excluding hydrogens is 390 g/mol. The van der Waals surface area contributed by atoms with E-state index in [9.17, 15) is 14.4 Å². The van der Waals surface area contributed by atoms with Crippen LogP contribution < -0.4 is 20.2 Å². The predicted molar refractivity (Wildman–Crippen MR) is 109 cm³/mol. The highest BCUT2D eigenvalue weighted by molar-refractivity contribution is 6.37. The first-order valence-corrected chi connectivity index (χ1v) is 9.36. The van der Waals surface area contributed by atoms with Gasteiger partial charge in [0.1, 0.15) is 23.0 Å². The summed E-state index contributed by atoms with van der Waals surface area (Å²) in [6, 6.07) is 14.0. The number of nitrogens with one attached hydrogen (secondary N) is 2. The number of carbonyl (C=O) groups excluding carboxylic acids is 3. The summed E-state index contributed by atoms with van der Waals surface area (Å²) in [7, 11) is 0. The van der Waals surface area contributed by atoms with Gasteiger partial charge in [-0.05, 0) is 55.5 Å². The van der Waals surface area contributed by atoms with E-state index in [0.29, 0.717) is 23.8 Å². The minimum Gasteiger partial charge on any atom is -0.494 e. The molecule has 3 rings (SSSR count). The monoisotopic (exact) mass is 411 g/mol. The zero-order valence-corrected chi connectivity index (χ0v) is 16.3. The largest absolute Gasteiger partial charge is 0.494 e. The average molecular weight is 411 g/mol. The van der Waals surface area contributed by atoms with Crippen LogP contribution in [0.15, 0.2) is 53.6 Å². The fourth-order valence-corrected chi connectivity index (χ4v) is 2.55. The fraction of sp³-hybridized carbons (Fsp3) is 0.238. The molecule has 1 aliphatic rings. The van der Waals surface area contributed by atoms with E-state index in [2.05, 4.69) is 15.8 Å². The standard InChI is InChI=1S/C21H21N3O6/c1-2-28-15-7-9-17(10-8-15)30-16-5-3-14(4-6-16)22-20(26)13-29-21(27)18-11-12-19(25)24-23-18/h3-10H,2,11-13H2,1H3,(H,22,26)(H,24,25). The summed E-state index contributed by atoms with van der Waals surface area (Å²) in [6.07, 6.45) is 0.341. The third-order valence-corrected chi connectivity index (χ3v) is 3.98. The van der Waals surface area contributed by atoms with Crippen LogP contribution in [0.2, 0.25) is 0 Å². The number of hydrogen-bond donors (Lipinski definition) is 2. The number of rotatable bonds is 8. The van der Waals surface area contributed by atoms with Gasteiger partial charge in [-0.1, -0.05) is 0 Å². The van der Waals surface area contributed by atoms with Crippen molar-refractivity contribution in [3.05, 3.63) is 48.5 Å². The summed E-state index contributed by atoms with van der Waals surface area (Å²) in [5, 5.41) is 6.24. The lowest BCUT2D eigenvalue weighted by Gasteiger charge is -2.11. The van der Waals surface area contributed by atoms with E-state index in [1.54, 1.807) is 36.4 Å². The SMILES string of the molecule is CCOc1ccc(Oc2ccc(NC(=O)COC(=O)C3=NNC(=O)CC3)cc2)cc1. The van der Waals surface area contributed by atoms with Crippen molar-refractivity contribution in [3.63, 3.8) is 0 Å². The molecule has 30 heavy (non-hydrogen) atoms. The Hall–Kier alpha value is -3.88. The molecule has 2 aromatic carbocycles. The molecule has 0 saturated heterocycles. The number of carbonyl (C=O) groups is 3. The second-order valence-electron chi connectivity index (χ2n) is 6.25. The second kappa shape index (κ2) is 10.1. The molecule has 1 aliphatic heterocycles. The number of ether oxygens (including phenoxy) is 3. The van der Waals surface area contributed by atoms with Gasteiger partial charge in [0.05, 0.1) is 6.61 Å². The summed E-state index contributed by atoms with van der Waals surface area (Å²) < 4.78 is 16.0. The Kier molecular flexibility index (Phi) is 6.99. The molecule has 2 aromatic rings. The molecule has 0 radical (unpaired) electrons. The first kappa shape index (κ1) is 20.8. The van der Waals surface area contributed by atoms with Gasteiger partial charge in [0.25, 0.3) is 5.91 Å². The van der Waals surface area contributed by atoms with E-state index in [0.717, 1.165) is 5.75 Å². The van der Waals surface area contributed by atoms with E-state index < -0.39 is 18.5 Å². The van der Waals surface area contributed by atoms with Crippen LogP contribution in [-0.2, 0) is 19.1 Å². The summed E-state index contributed by atoms with van der Waals surface area (Å²) in [6.45, 7) is 2.05. The highest BCUT2D eigenvalue weighted by atomic mass is 16.5. The van der Waals surface area contributed by atoms with Crippen LogP contribution in [0.4, 0.5) is 5.69 Å². The third kappa shape index (κ3) is 6.06. The van der Waals surface area contributed by atoms with Gasteiger partial charge >= 0.3 is 5.97 Å². The van der Waals surface area contributed by atoms with Crippen LogP contribution in [0.1, 0.15) is 19.8 Å². The Morgan fingerprint density at radius 3 is 2.23 bits per heavy atom. The number of anilines is 1. The van der Waals surface area contributed by atoms with Crippen molar-refractivity contribution in [2.75, 3.05) is 18.5 Å². The number of amides is 2. The topological polar surface area (TPSA) is 115 Å². The Bertz CT molecular complexity index is 938. The summed E-state index contributed by atoms with van der Waals surface area (Å²) in [5.41, 5.74) is 2.81. The molecule has 0 unspecified atom stereocenters. The third-order valence-electron chi connectivity index (χ3n) is 3.98. The van der Waals surface area contributed by atoms with Gasteiger partial charge in [0.2, 0.25) is 5.91 Å². The zero-order valence-electron chi connectivity index (χ0n) is 16.3. The second-order valence-corrected chi connectivity index (χ2v) is 6.25. The molecule has 0 aromatic heterocycles. The lowest BCUT2D eigenvalue weighted by molar-refractivity contribution is -0.140. The predicted octanol–water partition coefficient (Wildman–Crippen LogP) is 2.63. The van der Waals surface area contributed by atoms with Crippen LogP contribution in [-0.4, -0.2) is 36.7 Å². The van der Waals surface area contributed by atoms with Crippen molar-refractivity contribution in [2.24, 2.45) is 5.10 Å². The first-order chi connectivity index (χ1) is 14.5. The number of hydrogen-bond acceptors (Lipinski definition) is 7. The van der Waals surface area contributed by atoms with Crippen molar-refractivity contribution >= 4 is 29.2 Å². The minimum atomic E-state index is -0.732. The smallest absolute Gasteiger partial charge is 0.355 e. The van der Waals surface area contributed by atoms with Crippen molar-refractivity contribution in [1.29, 1.82) is 0 Å². The number of nitrogens with zero attached hydrogens (tertiary/aromatic N) is 1. The molecule has 0 fully saturated rings. The molecule has 2 amide bonds. The van der Waals surface area contributed by atoms with E-state index in [1.165, 1.54) is 0 Å². The average Bonchev–Trinajstić information content (AvgIpc) is 2.75. The van der Waals surface area contributed by atoms with Crippen LogP contribution in [0.25, 0.3) is 0 Å². The van der Waals surface area contributed by atoms with Crippen LogP contribution >= 0.6 is 0 Å². The molecule has 0 atom stereocenters. The molecule has 2 N–H and O–H groups in total. The van der Waals surface area contributed by atoms with Gasteiger partial charge in [-0.2, -0.15) is 5.10 Å². The highest BCUT2D eigenvalue weighted by Crippen LogP contribution is 2.25. The Morgan fingerprint density at radius 1 is 1.00 bits per heavy atom. The van der Waals surface area contributed by atoms with E-state index >= 15 is 0 Å². The normalized spacial score (nSPS) is 13.0. The molecule has 156 valence electrons. The maximum absolute atomic E-state index is 12.0. The van der Waals surface area contributed by atoms with Gasteiger partial charge in [0.15, 0.2) is 6.61 Å². The molecule has 9 nitrogen and oxygen atoms in total. The maximum Gasteiger partial charge on any atom is 0.355 e. The molecule has 0 bridgehead atoms. The van der Waals surface area contributed by atoms with Crippen LogP contribution in [0, 0.1) is 0 Å². The van der Waals surface area contributed by atoms with Gasteiger partial charge in [-0.3, -0.25) is 9.59 Å². The Morgan fingerprint density at radius 2 is 1.63 bits per heavy atom. The van der Waals surface area contributed by atoms with E-state index in [4.69, 9.17) is 14.2 Å². The maximum atomic E-state index is 12.0. The van der Waals surface area contributed by atoms with E-state index in [-0.39, 0.29) is 24.5 Å². The molecule has 0 spiro atoms. The Labute approximate surface area is 173 Å². The number of hydrazone groups is 1. The van der Waals surface area contributed by atoms with Gasteiger partial charge in [-0.25, -0.2) is 10.2 Å². The minimum absolute atomic E-state index is 0.0817. The lowest BCUT2D eigenvalue weighted by atomic mass is 10.2. The zero-order chi connectivity index (χ0) is 21.3. The van der Waals surface area contributed by atoms with Crippen molar-refractivity contribution in [2.45, 2.75) is 19.8 Å². The van der Waals surface area contributed by atoms with Crippen molar-refractivity contribution in [3.8, 4) is 17.2 Å². The Balaban J connectivity index is 1.46. The molecular formula is C21H21N3O6. The summed E-state index contributed by atoms with van der Waals surface area (Å²) in [5.74, 6) is 0.529. The number of benzene rings is 2. The summed E-state index contributed by atoms with van der Waals surface area (Å²) in [4.78, 5) is 34.8. The highest BCUT2D eigenvalue weighted by Gasteiger charge is 2.20. The van der Waals surface area contributed by atoms with Crippen molar-refractivity contribution < 1.29 is 28.6 Å². The number of esters is 1. The fourth-order valence-electron chi connectivity index (χ4n) is 2.55. The molecule has 1 heterocycles. The van der Waals surface area contributed by atoms with Crippen LogP contribution in [0.5, 0.6) is 17.2 Å².